The molecule has 5 N–H and O–H groups in total. The summed E-state index contributed by atoms with van der Waals surface area (Å²) in [5.74, 6) is -0.230. The van der Waals surface area contributed by atoms with Crippen molar-refractivity contribution in [2.24, 2.45) is 11.5 Å². The standard InChI is InChI=1S/C14H23N3O2/c1-14(2,16)13(18)17-12(8-15)10-19-9-11-6-4-3-5-7-11/h3-7,12H,8-10,15-16H2,1-2H3,(H,17,18). The van der Waals surface area contributed by atoms with Gasteiger partial charge in [-0.15, -0.1) is 0 Å². The molecule has 0 aliphatic rings. The largest absolute Gasteiger partial charge is 0.375 e. The van der Waals surface area contributed by atoms with E-state index < -0.39 is 5.54 Å². The summed E-state index contributed by atoms with van der Waals surface area (Å²) in [5, 5.41) is 2.78. The number of amides is 1. The second-order valence-electron chi connectivity index (χ2n) is 5.13. The average Bonchev–Trinajstić information content (AvgIpc) is 2.37. The van der Waals surface area contributed by atoms with Crippen molar-refractivity contribution in [2.75, 3.05) is 13.2 Å². The molecule has 1 aromatic carbocycles. The number of rotatable bonds is 7. The van der Waals surface area contributed by atoms with Crippen LogP contribution >= 0.6 is 0 Å². The zero-order valence-corrected chi connectivity index (χ0v) is 11.6. The van der Waals surface area contributed by atoms with Crippen LogP contribution in [0.1, 0.15) is 19.4 Å². The van der Waals surface area contributed by atoms with Crippen molar-refractivity contribution in [3.63, 3.8) is 0 Å². The third-order valence-electron chi connectivity index (χ3n) is 2.64. The summed E-state index contributed by atoms with van der Waals surface area (Å²) in [7, 11) is 0. The molecular formula is C14H23N3O2. The zero-order valence-electron chi connectivity index (χ0n) is 11.6. The molecule has 1 unspecified atom stereocenters. The minimum absolute atomic E-state index is 0.223. The molecule has 5 heteroatoms. The fraction of sp³-hybridized carbons (Fsp3) is 0.500. The van der Waals surface area contributed by atoms with Crippen LogP contribution in [-0.4, -0.2) is 30.6 Å². The molecule has 0 aliphatic carbocycles. The molecule has 0 aliphatic heterocycles. The first-order chi connectivity index (χ1) is 8.93. The first-order valence-corrected chi connectivity index (χ1v) is 6.35. The molecule has 0 bridgehead atoms. The molecule has 1 aromatic rings. The predicted octanol–water partition coefficient (Wildman–Crippen LogP) is 0.384. The zero-order chi connectivity index (χ0) is 14.3. The van der Waals surface area contributed by atoms with Gasteiger partial charge in [-0.25, -0.2) is 0 Å². The molecule has 1 rings (SSSR count). The lowest BCUT2D eigenvalue weighted by molar-refractivity contribution is -0.126. The third-order valence-corrected chi connectivity index (χ3v) is 2.64. The minimum atomic E-state index is -0.910. The molecule has 1 atom stereocenters. The lowest BCUT2D eigenvalue weighted by Crippen LogP contribution is -2.54. The summed E-state index contributed by atoms with van der Waals surface area (Å²) in [6.07, 6.45) is 0. The van der Waals surface area contributed by atoms with Gasteiger partial charge < -0.3 is 21.5 Å². The molecule has 0 aromatic heterocycles. The van der Waals surface area contributed by atoms with Gasteiger partial charge in [-0.3, -0.25) is 4.79 Å². The van der Waals surface area contributed by atoms with E-state index in [0.29, 0.717) is 19.8 Å². The van der Waals surface area contributed by atoms with Crippen LogP contribution in [0, 0.1) is 0 Å². The second kappa shape index (κ2) is 7.23. The maximum Gasteiger partial charge on any atom is 0.239 e. The van der Waals surface area contributed by atoms with E-state index in [9.17, 15) is 4.79 Å². The lowest BCUT2D eigenvalue weighted by atomic mass is 10.1. The highest BCUT2D eigenvalue weighted by molar-refractivity contribution is 5.85. The van der Waals surface area contributed by atoms with Crippen LogP contribution in [0.15, 0.2) is 30.3 Å². The van der Waals surface area contributed by atoms with Crippen molar-refractivity contribution in [1.82, 2.24) is 5.32 Å². The van der Waals surface area contributed by atoms with E-state index >= 15 is 0 Å². The molecule has 0 heterocycles. The van der Waals surface area contributed by atoms with Crippen LogP contribution in [0.2, 0.25) is 0 Å². The van der Waals surface area contributed by atoms with Crippen LogP contribution in [-0.2, 0) is 16.1 Å². The number of carbonyl (C=O) groups excluding carboxylic acids is 1. The summed E-state index contributed by atoms with van der Waals surface area (Å²) in [6, 6.07) is 9.61. The Morgan fingerprint density at radius 3 is 2.53 bits per heavy atom. The summed E-state index contributed by atoms with van der Waals surface area (Å²) in [5.41, 5.74) is 11.5. The minimum Gasteiger partial charge on any atom is -0.375 e. The van der Waals surface area contributed by atoms with E-state index in [1.807, 2.05) is 30.3 Å². The van der Waals surface area contributed by atoms with Crippen LogP contribution in [0.25, 0.3) is 0 Å². The number of hydrogen-bond donors (Lipinski definition) is 3. The molecule has 1 amide bonds. The van der Waals surface area contributed by atoms with E-state index in [1.54, 1.807) is 13.8 Å². The van der Waals surface area contributed by atoms with Gasteiger partial charge in [0.15, 0.2) is 0 Å². The third kappa shape index (κ3) is 5.83. The van der Waals surface area contributed by atoms with Crippen molar-refractivity contribution >= 4 is 5.91 Å². The highest BCUT2D eigenvalue weighted by Gasteiger charge is 2.24. The fourth-order valence-electron chi connectivity index (χ4n) is 1.43. The maximum atomic E-state index is 11.7. The normalized spacial score (nSPS) is 13.1. The van der Waals surface area contributed by atoms with Crippen molar-refractivity contribution in [3.05, 3.63) is 35.9 Å². The van der Waals surface area contributed by atoms with Crippen molar-refractivity contribution in [3.8, 4) is 0 Å². The Labute approximate surface area is 114 Å². The fourth-order valence-corrected chi connectivity index (χ4v) is 1.43. The van der Waals surface area contributed by atoms with Crippen molar-refractivity contribution in [2.45, 2.75) is 32.0 Å². The quantitative estimate of drug-likeness (QED) is 0.665. The van der Waals surface area contributed by atoms with Gasteiger partial charge in [-0.2, -0.15) is 0 Å². The summed E-state index contributed by atoms with van der Waals surface area (Å²) in [6.45, 7) is 4.49. The molecule has 0 spiro atoms. The average molecular weight is 265 g/mol. The van der Waals surface area contributed by atoms with Gasteiger partial charge in [-0.05, 0) is 19.4 Å². The number of nitrogens with two attached hydrogens (primary N) is 2. The topological polar surface area (TPSA) is 90.4 Å². The molecule has 0 saturated carbocycles. The number of hydrogen-bond acceptors (Lipinski definition) is 4. The van der Waals surface area contributed by atoms with E-state index in [2.05, 4.69) is 5.32 Å². The molecule has 19 heavy (non-hydrogen) atoms. The Kier molecular flexibility index (Phi) is 5.95. The number of nitrogens with one attached hydrogen (secondary N) is 1. The van der Waals surface area contributed by atoms with E-state index in [4.69, 9.17) is 16.2 Å². The van der Waals surface area contributed by atoms with Gasteiger partial charge in [0.25, 0.3) is 0 Å². The Hall–Kier alpha value is -1.43. The molecule has 5 nitrogen and oxygen atoms in total. The number of ether oxygens (including phenoxy) is 1. The summed E-state index contributed by atoms with van der Waals surface area (Å²) >= 11 is 0. The van der Waals surface area contributed by atoms with E-state index in [1.165, 1.54) is 0 Å². The molecular weight excluding hydrogens is 242 g/mol. The first kappa shape index (κ1) is 15.6. The number of carbonyl (C=O) groups is 1. The number of benzene rings is 1. The van der Waals surface area contributed by atoms with Gasteiger partial charge in [0, 0.05) is 6.54 Å². The van der Waals surface area contributed by atoms with Crippen molar-refractivity contribution in [1.29, 1.82) is 0 Å². The Morgan fingerprint density at radius 1 is 1.37 bits per heavy atom. The Bertz CT molecular complexity index is 387. The van der Waals surface area contributed by atoms with Gasteiger partial charge in [0.2, 0.25) is 5.91 Å². The lowest BCUT2D eigenvalue weighted by Gasteiger charge is -2.23. The van der Waals surface area contributed by atoms with Crippen LogP contribution in [0.5, 0.6) is 0 Å². The van der Waals surface area contributed by atoms with Crippen LogP contribution in [0.4, 0.5) is 0 Å². The monoisotopic (exact) mass is 265 g/mol. The van der Waals surface area contributed by atoms with Crippen LogP contribution in [0.3, 0.4) is 0 Å². The Balaban J connectivity index is 2.35. The summed E-state index contributed by atoms with van der Waals surface area (Å²) in [4.78, 5) is 11.7. The smallest absolute Gasteiger partial charge is 0.239 e. The molecule has 0 saturated heterocycles. The highest BCUT2D eigenvalue weighted by Crippen LogP contribution is 2.02. The molecule has 106 valence electrons. The summed E-state index contributed by atoms with van der Waals surface area (Å²) < 4.78 is 5.55. The predicted molar refractivity (Wildman–Crippen MR) is 75.3 cm³/mol. The van der Waals surface area contributed by atoms with Gasteiger partial charge in [0.1, 0.15) is 0 Å². The van der Waals surface area contributed by atoms with Crippen molar-refractivity contribution < 1.29 is 9.53 Å². The van der Waals surface area contributed by atoms with Gasteiger partial charge in [-0.1, -0.05) is 30.3 Å². The van der Waals surface area contributed by atoms with Gasteiger partial charge >= 0.3 is 0 Å². The molecule has 0 radical (unpaired) electrons. The molecule has 0 fully saturated rings. The Morgan fingerprint density at radius 2 is 2.00 bits per heavy atom. The highest BCUT2D eigenvalue weighted by atomic mass is 16.5. The maximum absolute atomic E-state index is 11.7. The second-order valence-corrected chi connectivity index (χ2v) is 5.13. The van der Waals surface area contributed by atoms with E-state index in [-0.39, 0.29) is 11.9 Å². The van der Waals surface area contributed by atoms with E-state index in [0.717, 1.165) is 5.56 Å². The van der Waals surface area contributed by atoms with Crippen LogP contribution < -0.4 is 16.8 Å². The SMILES string of the molecule is CC(C)(N)C(=O)NC(CN)COCc1ccccc1. The first-order valence-electron chi connectivity index (χ1n) is 6.35. The van der Waals surface area contributed by atoms with Gasteiger partial charge in [0.05, 0.1) is 24.8 Å².